The Labute approximate surface area is 128 Å². The number of carbonyl (C=O) groups is 1. The molecule has 3 N–H and O–H groups in total. The second-order valence-corrected chi connectivity index (χ2v) is 6.21. The van der Waals surface area contributed by atoms with Crippen LogP contribution in [0.25, 0.3) is 0 Å². The topological polar surface area (TPSA) is 61.6 Å². The molecule has 0 aliphatic carbocycles. The summed E-state index contributed by atoms with van der Waals surface area (Å²) in [5.74, 6) is 0.00669. The molecule has 1 aliphatic rings. The van der Waals surface area contributed by atoms with Crippen molar-refractivity contribution >= 4 is 33.2 Å². The van der Waals surface area contributed by atoms with Gasteiger partial charge in [0.15, 0.2) is 0 Å². The Kier molecular flexibility index (Phi) is 5.01. The zero-order chi connectivity index (χ0) is 14.7. The molecule has 1 heterocycles. The number of rotatable bonds is 3. The molecule has 1 unspecified atom stereocenters. The van der Waals surface area contributed by atoms with E-state index in [2.05, 4.69) is 45.0 Å². The van der Waals surface area contributed by atoms with E-state index in [1.54, 1.807) is 12.1 Å². The maximum atomic E-state index is 12.1. The molecule has 110 valence electrons. The fourth-order valence-electron chi connectivity index (χ4n) is 2.29. The van der Waals surface area contributed by atoms with Gasteiger partial charge in [-0.15, -0.1) is 0 Å². The highest BCUT2D eigenvalue weighted by molar-refractivity contribution is 9.10. The molecular formula is C14H21BrN4O. The number of hydrogen-bond donors (Lipinski definition) is 2. The van der Waals surface area contributed by atoms with E-state index in [-0.39, 0.29) is 5.91 Å². The SMILES string of the molecule is CC1CN(CC(=O)Nc2ccc(N)cc2Br)CCN1C. The van der Waals surface area contributed by atoms with Crippen LogP contribution in [-0.2, 0) is 4.79 Å². The van der Waals surface area contributed by atoms with Crippen molar-refractivity contribution in [1.29, 1.82) is 0 Å². The van der Waals surface area contributed by atoms with Gasteiger partial charge in [-0.05, 0) is 48.1 Å². The number of amides is 1. The molecule has 0 saturated carbocycles. The van der Waals surface area contributed by atoms with Gasteiger partial charge in [-0.1, -0.05) is 0 Å². The fraction of sp³-hybridized carbons (Fsp3) is 0.500. The molecule has 1 aromatic rings. The van der Waals surface area contributed by atoms with Crippen molar-refractivity contribution in [3.8, 4) is 0 Å². The molecule has 0 bridgehead atoms. The van der Waals surface area contributed by atoms with Crippen LogP contribution in [0.15, 0.2) is 22.7 Å². The Morgan fingerprint density at radius 3 is 2.90 bits per heavy atom. The van der Waals surface area contributed by atoms with Crippen molar-refractivity contribution in [3.05, 3.63) is 22.7 Å². The third-order valence-corrected chi connectivity index (χ3v) is 4.33. The van der Waals surface area contributed by atoms with E-state index in [1.807, 2.05) is 6.07 Å². The van der Waals surface area contributed by atoms with E-state index in [4.69, 9.17) is 5.73 Å². The number of halogens is 1. The van der Waals surface area contributed by atoms with E-state index < -0.39 is 0 Å². The Hall–Kier alpha value is -1.11. The van der Waals surface area contributed by atoms with Crippen LogP contribution in [0.5, 0.6) is 0 Å². The average Bonchev–Trinajstić information content (AvgIpc) is 2.37. The standard InChI is InChI=1S/C14H21BrN4O/c1-10-8-19(6-5-18(10)2)9-14(20)17-13-4-3-11(16)7-12(13)15/h3-4,7,10H,5-6,8-9,16H2,1-2H3,(H,17,20). The summed E-state index contributed by atoms with van der Waals surface area (Å²) in [6.45, 7) is 5.46. The third kappa shape index (κ3) is 3.94. The highest BCUT2D eigenvalue weighted by Gasteiger charge is 2.22. The van der Waals surface area contributed by atoms with Crippen LogP contribution >= 0.6 is 15.9 Å². The predicted molar refractivity (Wildman–Crippen MR) is 85.7 cm³/mol. The summed E-state index contributed by atoms with van der Waals surface area (Å²) < 4.78 is 0.803. The monoisotopic (exact) mass is 340 g/mol. The first-order valence-electron chi connectivity index (χ1n) is 6.73. The third-order valence-electron chi connectivity index (χ3n) is 3.68. The number of nitrogen functional groups attached to an aromatic ring is 1. The van der Waals surface area contributed by atoms with E-state index in [9.17, 15) is 4.79 Å². The number of piperazine rings is 1. The molecule has 0 radical (unpaired) electrons. The van der Waals surface area contributed by atoms with Gasteiger partial charge in [0, 0.05) is 35.8 Å². The van der Waals surface area contributed by atoms with Crippen LogP contribution in [-0.4, -0.2) is 55.0 Å². The molecule has 1 atom stereocenters. The Morgan fingerprint density at radius 2 is 2.25 bits per heavy atom. The van der Waals surface area contributed by atoms with Gasteiger partial charge in [0.25, 0.3) is 0 Å². The van der Waals surface area contributed by atoms with Gasteiger partial charge < -0.3 is 16.0 Å². The summed E-state index contributed by atoms with van der Waals surface area (Å²) in [4.78, 5) is 16.6. The van der Waals surface area contributed by atoms with Crippen molar-refractivity contribution in [1.82, 2.24) is 9.80 Å². The molecule has 1 aromatic carbocycles. The van der Waals surface area contributed by atoms with Crippen molar-refractivity contribution in [3.63, 3.8) is 0 Å². The molecule has 20 heavy (non-hydrogen) atoms. The molecule has 0 aromatic heterocycles. The van der Waals surface area contributed by atoms with Crippen LogP contribution in [0.1, 0.15) is 6.92 Å². The van der Waals surface area contributed by atoms with Gasteiger partial charge in [-0.25, -0.2) is 0 Å². The summed E-state index contributed by atoms with van der Waals surface area (Å²) in [5.41, 5.74) is 7.11. The summed E-state index contributed by atoms with van der Waals surface area (Å²) in [6, 6.07) is 5.86. The first kappa shape index (κ1) is 15.3. The van der Waals surface area contributed by atoms with Gasteiger partial charge >= 0.3 is 0 Å². The van der Waals surface area contributed by atoms with Gasteiger partial charge in [0.05, 0.1) is 12.2 Å². The number of likely N-dealkylation sites (N-methyl/N-ethyl adjacent to an activating group) is 1. The van der Waals surface area contributed by atoms with Crippen molar-refractivity contribution < 1.29 is 4.79 Å². The maximum absolute atomic E-state index is 12.1. The Bertz CT molecular complexity index is 494. The number of nitrogens with one attached hydrogen (secondary N) is 1. The maximum Gasteiger partial charge on any atom is 0.238 e. The lowest BCUT2D eigenvalue weighted by molar-refractivity contribution is -0.117. The normalized spacial score (nSPS) is 20.9. The molecule has 5 nitrogen and oxygen atoms in total. The largest absolute Gasteiger partial charge is 0.399 e. The van der Waals surface area contributed by atoms with Crippen LogP contribution in [0.2, 0.25) is 0 Å². The first-order chi connectivity index (χ1) is 9.45. The molecule has 2 rings (SSSR count). The van der Waals surface area contributed by atoms with Gasteiger partial charge in [0.2, 0.25) is 5.91 Å². The van der Waals surface area contributed by atoms with E-state index in [0.717, 1.165) is 29.8 Å². The number of carbonyl (C=O) groups excluding carboxylic acids is 1. The van der Waals surface area contributed by atoms with Gasteiger partial charge in [0.1, 0.15) is 0 Å². The quantitative estimate of drug-likeness (QED) is 0.820. The smallest absolute Gasteiger partial charge is 0.238 e. The summed E-state index contributed by atoms with van der Waals surface area (Å²) in [5, 5.41) is 2.91. The molecule has 0 spiro atoms. The molecular weight excluding hydrogens is 320 g/mol. The lowest BCUT2D eigenvalue weighted by Crippen LogP contribution is -2.51. The Morgan fingerprint density at radius 1 is 1.50 bits per heavy atom. The predicted octanol–water partition coefficient (Wildman–Crippen LogP) is 1.61. The van der Waals surface area contributed by atoms with Crippen molar-refractivity contribution in [2.75, 3.05) is 44.3 Å². The highest BCUT2D eigenvalue weighted by atomic mass is 79.9. The van der Waals surface area contributed by atoms with Gasteiger partial charge in [-0.3, -0.25) is 9.69 Å². The second-order valence-electron chi connectivity index (χ2n) is 5.35. The van der Waals surface area contributed by atoms with Crippen LogP contribution in [0.3, 0.4) is 0 Å². The Balaban J connectivity index is 1.89. The first-order valence-corrected chi connectivity index (χ1v) is 7.52. The number of benzene rings is 1. The summed E-state index contributed by atoms with van der Waals surface area (Å²) in [6.07, 6.45) is 0. The minimum atomic E-state index is 0.00669. The van der Waals surface area contributed by atoms with Crippen molar-refractivity contribution in [2.45, 2.75) is 13.0 Å². The summed E-state index contributed by atoms with van der Waals surface area (Å²) >= 11 is 3.40. The second kappa shape index (κ2) is 6.56. The van der Waals surface area contributed by atoms with E-state index in [0.29, 0.717) is 18.3 Å². The van der Waals surface area contributed by atoms with E-state index in [1.165, 1.54) is 0 Å². The molecule has 1 aliphatic heterocycles. The zero-order valence-corrected chi connectivity index (χ0v) is 13.5. The van der Waals surface area contributed by atoms with E-state index >= 15 is 0 Å². The average molecular weight is 341 g/mol. The summed E-state index contributed by atoms with van der Waals surface area (Å²) in [7, 11) is 2.12. The fourth-order valence-corrected chi connectivity index (χ4v) is 2.79. The zero-order valence-electron chi connectivity index (χ0n) is 11.9. The molecule has 1 saturated heterocycles. The van der Waals surface area contributed by atoms with Crippen LogP contribution in [0, 0.1) is 0 Å². The minimum absolute atomic E-state index is 0.00669. The lowest BCUT2D eigenvalue weighted by Gasteiger charge is -2.37. The number of hydrogen-bond acceptors (Lipinski definition) is 4. The highest BCUT2D eigenvalue weighted by Crippen LogP contribution is 2.24. The van der Waals surface area contributed by atoms with Crippen molar-refractivity contribution in [2.24, 2.45) is 0 Å². The molecule has 6 heteroatoms. The molecule has 1 amide bonds. The van der Waals surface area contributed by atoms with Crippen LogP contribution in [0.4, 0.5) is 11.4 Å². The van der Waals surface area contributed by atoms with Gasteiger partial charge in [-0.2, -0.15) is 0 Å². The van der Waals surface area contributed by atoms with Crippen LogP contribution < -0.4 is 11.1 Å². The lowest BCUT2D eigenvalue weighted by atomic mass is 10.2. The number of nitrogens with zero attached hydrogens (tertiary/aromatic N) is 2. The number of anilines is 2. The molecule has 1 fully saturated rings. The number of nitrogens with two attached hydrogens (primary N) is 1. The minimum Gasteiger partial charge on any atom is -0.399 e.